The van der Waals surface area contributed by atoms with Crippen LogP contribution in [-0.2, 0) is 41.4 Å². The van der Waals surface area contributed by atoms with Gasteiger partial charge in [0.05, 0.1) is 50.8 Å². The molecule has 4 aromatic rings. The third kappa shape index (κ3) is 8.22. The summed E-state index contributed by atoms with van der Waals surface area (Å²) in [4.78, 5) is 13.4. The number of benzene rings is 4. The van der Waals surface area contributed by atoms with Crippen LogP contribution >= 0.6 is 0 Å². The second-order valence-corrected chi connectivity index (χ2v) is 18.3. The van der Waals surface area contributed by atoms with E-state index in [1.165, 1.54) is 10.4 Å². The van der Waals surface area contributed by atoms with Crippen LogP contribution in [0.25, 0.3) is 0 Å². The fraction of sp³-hybridized carbons (Fsp3) is 0.390. The second kappa shape index (κ2) is 15.9. The Morgan fingerprint density at radius 3 is 1.77 bits per heavy atom. The van der Waals surface area contributed by atoms with Crippen molar-refractivity contribution in [3.63, 3.8) is 0 Å². The average Bonchev–Trinajstić information content (AvgIpc) is 3.25. The summed E-state index contributed by atoms with van der Waals surface area (Å²) in [5, 5.41) is 2.23. The zero-order valence-electron chi connectivity index (χ0n) is 28.3. The highest BCUT2D eigenvalue weighted by molar-refractivity contribution is 6.99. The molecule has 5 atom stereocenters. The number of carbonyl (C=O) groups excluding carboxylic acids is 1. The minimum absolute atomic E-state index is 0.131. The molecule has 7 heteroatoms. The molecular weight excluding hydrogens is 617 g/mol. The van der Waals surface area contributed by atoms with E-state index < -0.39 is 14.4 Å². The molecule has 2 fully saturated rings. The smallest absolute Gasteiger partial charge is 0.261 e. The number of carbonyl (C=O) groups is 1. The summed E-state index contributed by atoms with van der Waals surface area (Å²) in [6, 6.07) is 41.4. The molecule has 0 unspecified atom stereocenters. The van der Waals surface area contributed by atoms with Crippen LogP contribution in [0.4, 0.5) is 0 Å². The molecule has 4 aromatic carbocycles. The summed E-state index contributed by atoms with van der Waals surface area (Å²) in [7, 11) is -2.80. The van der Waals surface area contributed by atoms with Crippen molar-refractivity contribution in [1.29, 1.82) is 0 Å². The summed E-state index contributed by atoms with van der Waals surface area (Å²) < 4.78 is 33.3. The Hall–Kier alpha value is -3.43. The van der Waals surface area contributed by atoms with Gasteiger partial charge in [-0.15, -0.1) is 0 Å². The maximum Gasteiger partial charge on any atom is 0.261 e. The first-order chi connectivity index (χ1) is 23.3. The van der Waals surface area contributed by atoms with Gasteiger partial charge in [0.25, 0.3) is 8.32 Å². The molecule has 0 aliphatic carbocycles. The fourth-order valence-electron chi connectivity index (χ4n) is 7.16. The summed E-state index contributed by atoms with van der Waals surface area (Å²) in [5.41, 5.74) is 2.20. The lowest BCUT2D eigenvalue weighted by Crippen LogP contribution is -2.67. The Morgan fingerprint density at radius 1 is 0.667 bits per heavy atom. The van der Waals surface area contributed by atoms with E-state index in [0.29, 0.717) is 45.7 Å². The van der Waals surface area contributed by atoms with Crippen LogP contribution in [0.3, 0.4) is 0 Å². The van der Waals surface area contributed by atoms with Crippen molar-refractivity contribution in [1.82, 2.24) is 0 Å². The van der Waals surface area contributed by atoms with Gasteiger partial charge < -0.3 is 23.4 Å². The molecule has 6 rings (SSSR count). The van der Waals surface area contributed by atoms with Crippen molar-refractivity contribution in [3.8, 4) is 0 Å². The van der Waals surface area contributed by atoms with Gasteiger partial charge in [-0.25, -0.2) is 0 Å². The number of hydrogen-bond acceptors (Lipinski definition) is 6. The van der Waals surface area contributed by atoms with Crippen LogP contribution in [0.5, 0.6) is 0 Å². The molecular formula is C41H48O6Si. The molecule has 252 valence electrons. The summed E-state index contributed by atoms with van der Waals surface area (Å²) in [5.74, 6) is 0.131. The highest BCUT2D eigenvalue weighted by Gasteiger charge is 2.51. The third-order valence-electron chi connectivity index (χ3n) is 9.50. The predicted octanol–water partition coefficient (Wildman–Crippen LogP) is 6.64. The first-order valence-corrected chi connectivity index (χ1v) is 19.1. The standard InChI is InChI=1S/C41H48O6Si/c1-41(2,3)48(35-20-12-6-13-21-35,36-22-14-7-15-23-36)45-29-34-24-33(42)25-38-39(46-34)26-37(44-28-32-18-10-5-11-19-32)40(47-38)30-43-27-31-16-8-4-9-17-31/h4-23,34,37-40H,24-30H2,1-3H3/t34-,37+,38+,39-,40-/m1/s1. The van der Waals surface area contributed by atoms with E-state index in [-0.39, 0.29) is 35.2 Å². The Labute approximate surface area is 286 Å². The summed E-state index contributed by atoms with van der Waals surface area (Å²) in [6.07, 6.45) is -0.417. The second-order valence-electron chi connectivity index (χ2n) is 14.0. The molecule has 0 saturated carbocycles. The zero-order chi connectivity index (χ0) is 33.4. The monoisotopic (exact) mass is 664 g/mol. The van der Waals surface area contributed by atoms with Gasteiger partial charge in [0.15, 0.2) is 0 Å². The average molecular weight is 665 g/mol. The molecule has 0 amide bonds. The van der Waals surface area contributed by atoms with Gasteiger partial charge in [0.2, 0.25) is 0 Å². The van der Waals surface area contributed by atoms with Crippen molar-refractivity contribution >= 4 is 24.5 Å². The Morgan fingerprint density at radius 2 is 1.21 bits per heavy atom. The number of ether oxygens (including phenoxy) is 4. The van der Waals surface area contributed by atoms with Crippen molar-refractivity contribution in [2.24, 2.45) is 0 Å². The largest absolute Gasteiger partial charge is 0.405 e. The van der Waals surface area contributed by atoms with Gasteiger partial charge in [-0.1, -0.05) is 142 Å². The summed E-state index contributed by atoms with van der Waals surface area (Å²) in [6.45, 7) is 8.42. The molecule has 0 radical (unpaired) electrons. The van der Waals surface area contributed by atoms with Crippen molar-refractivity contribution < 1.29 is 28.2 Å². The Bertz CT molecular complexity index is 1520. The third-order valence-corrected chi connectivity index (χ3v) is 14.5. The van der Waals surface area contributed by atoms with Crippen LogP contribution in [-0.4, -0.2) is 57.8 Å². The maximum atomic E-state index is 13.4. The Balaban J connectivity index is 1.20. The molecule has 2 aliphatic heterocycles. The molecule has 0 spiro atoms. The van der Waals surface area contributed by atoms with E-state index in [9.17, 15) is 4.79 Å². The molecule has 0 bridgehead atoms. The SMILES string of the molecule is CC(C)(C)[Si](OC[C@H]1CC(=O)C[C@@H]2O[C@H](COCc3ccccc3)[C@@H](OCc3ccccc3)C[C@H]2O1)(c1ccccc1)c1ccccc1. The quantitative estimate of drug-likeness (QED) is 0.158. The maximum absolute atomic E-state index is 13.4. The van der Waals surface area contributed by atoms with Crippen molar-refractivity contribution in [3.05, 3.63) is 132 Å². The molecule has 2 heterocycles. The van der Waals surface area contributed by atoms with Crippen LogP contribution in [0.15, 0.2) is 121 Å². The zero-order valence-corrected chi connectivity index (χ0v) is 29.3. The number of Topliss-reactive ketones (excluding diaryl/α,β-unsaturated/α-hetero) is 1. The van der Waals surface area contributed by atoms with Gasteiger partial charge in [-0.3, -0.25) is 4.79 Å². The van der Waals surface area contributed by atoms with Crippen molar-refractivity contribution in [2.75, 3.05) is 13.2 Å². The van der Waals surface area contributed by atoms with E-state index in [2.05, 4.69) is 81.4 Å². The predicted molar refractivity (Wildman–Crippen MR) is 191 cm³/mol. The highest BCUT2D eigenvalue weighted by Crippen LogP contribution is 2.38. The summed E-state index contributed by atoms with van der Waals surface area (Å²) >= 11 is 0. The lowest BCUT2D eigenvalue weighted by molar-refractivity contribution is -0.218. The minimum atomic E-state index is -2.80. The molecule has 0 N–H and O–H groups in total. The normalized spacial score (nSPS) is 23.3. The van der Waals surface area contributed by atoms with E-state index >= 15 is 0 Å². The van der Waals surface area contributed by atoms with Crippen molar-refractivity contribution in [2.45, 2.75) is 88.8 Å². The molecule has 48 heavy (non-hydrogen) atoms. The van der Waals surface area contributed by atoms with E-state index in [1.54, 1.807) is 0 Å². The lowest BCUT2D eigenvalue weighted by Gasteiger charge is -2.44. The number of ketones is 1. The van der Waals surface area contributed by atoms with E-state index in [4.69, 9.17) is 23.4 Å². The highest BCUT2D eigenvalue weighted by atomic mass is 28.4. The Kier molecular flexibility index (Phi) is 11.4. The topological polar surface area (TPSA) is 63.2 Å². The lowest BCUT2D eigenvalue weighted by atomic mass is 9.95. The first-order valence-electron chi connectivity index (χ1n) is 17.2. The molecule has 2 saturated heterocycles. The van der Waals surface area contributed by atoms with Gasteiger partial charge >= 0.3 is 0 Å². The van der Waals surface area contributed by atoms with Gasteiger partial charge in [-0.2, -0.15) is 0 Å². The number of fused-ring (bicyclic) bond motifs is 1. The van der Waals surface area contributed by atoms with Gasteiger partial charge in [0.1, 0.15) is 11.9 Å². The minimum Gasteiger partial charge on any atom is -0.405 e. The van der Waals surface area contributed by atoms with Crippen LogP contribution in [0.2, 0.25) is 5.04 Å². The number of rotatable bonds is 12. The number of hydrogen-bond donors (Lipinski definition) is 0. The van der Waals surface area contributed by atoms with Crippen LogP contribution in [0.1, 0.15) is 51.2 Å². The van der Waals surface area contributed by atoms with Crippen LogP contribution in [0, 0.1) is 0 Å². The van der Waals surface area contributed by atoms with Gasteiger partial charge in [0, 0.05) is 19.3 Å². The van der Waals surface area contributed by atoms with E-state index in [1.807, 2.05) is 60.7 Å². The fourth-order valence-corrected chi connectivity index (χ4v) is 11.7. The first kappa shape index (κ1) is 34.4. The van der Waals surface area contributed by atoms with Gasteiger partial charge in [-0.05, 0) is 26.5 Å². The van der Waals surface area contributed by atoms with Crippen LogP contribution < -0.4 is 10.4 Å². The molecule has 6 nitrogen and oxygen atoms in total. The van der Waals surface area contributed by atoms with E-state index in [0.717, 1.165) is 11.1 Å². The molecule has 0 aromatic heterocycles. The molecule has 2 aliphatic rings.